The van der Waals surface area contributed by atoms with E-state index in [1.807, 2.05) is 0 Å². The molecule has 0 aromatic carbocycles. The number of hydrogen-bond donors (Lipinski definition) is 7. The zero-order valence-corrected chi connectivity index (χ0v) is 40.0. The predicted octanol–water partition coefficient (Wildman–Crippen LogP) is 6.77. The van der Waals surface area contributed by atoms with E-state index in [2.05, 4.69) is 38.2 Å². The van der Waals surface area contributed by atoms with E-state index in [0.717, 1.165) is 44.9 Å². The molecule has 15 heteroatoms. The molecule has 0 aromatic rings. The first-order valence-electron chi connectivity index (χ1n) is 25.4. The number of esters is 2. The number of aliphatic hydroxyl groups excluding tert-OH is 7. The van der Waals surface area contributed by atoms with E-state index >= 15 is 0 Å². The van der Waals surface area contributed by atoms with Crippen LogP contribution in [0.25, 0.3) is 0 Å². The Morgan fingerprint density at radius 1 is 0.492 bits per heavy atom. The van der Waals surface area contributed by atoms with Gasteiger partial charge in [-0.15, -0.1) is 0 Å². The molecule has 2 rings (SSSR count). The number of rotatable bonds is 39. The fourth-order valence-corrected chi connectivity index (χ4v) is 7.95. The molecule has 0 amide bonds. The van der Waals surface area contributed by atoms with Crippen LogP contribution >= 0.6 is 0 Å². The van der Waals surface area contributed by atoms with E-state index in [0.29, 0.717) is 12.8 Å². The van der Waals surface area contributed by atoms with Crippen molar-refractivity contribution in [3.63, 3.8) is 0 Å². The Kier molecular flexibility index (Phi) is 34.5. The van der Waals surface area contributed by atoms with Gasteiger partial charge >= 0.3 is 11.9 Å². The van der Waals surface area contributed by atoms with E-state index in [1.54, 1.807) is 0 Å². The third kappa shape index (κ3) is 26.4. The minimum absolute atomic E-state index is 0.125. The molecule has 0 aliphatic carbocycles. The average Bonchev–Trinajstić information content (AvgIpc) is 3.30. The van der Waals surface area contributed by atoms with Gasteiger partial charge in [-0.3, -0.25) is 9.59 Å². The van der Waals surface area contributed by atoms with Gasteiger partial charge in [-0.05, 0) is 44.9 Å². The summed E-state index contributed by atoms with van der Waals surface area (Å²) in [5.74, 6) is -0.957. The van der Waals surface area contributed by atoms with Gasteiger partial charge in [0, 0.05) is 12.8 Å². The summed E-state index contributed by atoms with van der Waals surface area (Å²) < 4.78 is 33.5. The summed E-state index contributed by atoms with van der Waals surface area (Å²) in [7, 11) is 0. The third-order valence-electron chi connectivity index (χ3n) is 12.2. The number of hydrogen-bond acceptors (Lipinski definition) is 15. The third-order valence-corrected chi connectivity index (χ3v) is 12.2. The van der Waals surface area contributed by atoms with Gasteiger partial charge in [-0.1, -0.05) is 154 Å². The Morgan fingerprint density at radius 3 is 1.46 bits per heavy atom. The first-order chi connectivity index (χ1) is 31.5. The highest BCUT2D eigenvalue weighted by molar-refractivity contribution is 5.70. The standard InChI is InChI=1S/C50H90O15/c1-3-5-7-9-11-13-15-17-19-21-23-25-27-29-31-33-42(53)63-38(35-60-41(52)32-30-28-26-24-22-20-18-16-14-12-10-8-6-4-2)36-61-49-48(59)46(57)44(55)40(65-49)37-62-50-47(58)45(56)43(54)39(34-51)64-50/h17,19,23,25,38-40,43-51,54-59H,3-16,18,20-22,24,26-37H2,1-2H3/b19-17+,25-23+/t38-,39-,40-,43+,44+,45?,46?,47?,48?,49-,50-/m1/s1. The van der Waals surface area contributed by atoms with Crippen LogP contribution in [0.15, 0.2) is 24.3 Å². The quantitative estimate of drug-likeness (QED) is 0.0192. The van der Waals surface area contributed by atoms with Gasteiger partial charge in [-0.2, -0.15) is 0 Å². The Bertz CT molecular complexity index is 1230. The second-order valence-corrected chi connectivity index (χ2v) is 18.0. The number of allylic oxidation sites excluding steroid dienone is 4. The normalized spacial score (nSPS) is 26.5. The Labute approximate surface area is 390 Å². The van der Waals surface area contributed by atoms with Crippen LogP contribution in [0.2, 0.25) is 0 Å². The first-order valence-corrected chi connectivity index (χ1v) is 25.4. The van der Waals surface area contributed by atoms with Crippen LogP contribution in [-0.2, 0) is 38.0 Å². The van der Waals surface area contributed by atoms with Crippen LogP contribution in [0.1, 0.15) is 187 Å². The smallest absolute Gasteiger partial charge is 0.306 e. The Morgan fingerprint density at radius 2 is 0.923 bits per heavy atom. The molecule has 0 spiro atoms. The molecule has 0 saturated carbocycles. The molecular formula is C50H90O15. The van der Waals surface area contributed by atoms with Gasteiger partial charge in [0.25, 0.3) is 0 Å². The second-order valence-electron chi connectivity index (χ2n) is 18.0. The minimum Gasteiger partial charge on any atom is -0.462 e. The van der Waals surface area contributed by atoms with Crippen LogP contribution in [0.5, 0.6) is 0 Å². The van der Waals surface area contributed by atoms with Crippen molar-refractivity contribution in [1.29, 1.82) is 0 Å². The summed E-state index contributed by atoms with van der Waals surface area (Å²) in [5, 5.41) is 72.0. The molecule has 380 valence electrons. The maximum atomic E-state index is 13.0. The van der Waals surface area contributed by atoms with Crippen molar-refractivity contribution in [3.8, 4) is 0 Å². The van der Waals surface area contributed by atoms with E-state index in [1.165, 1.54) is 103 Å². The van der Waals surface area contributed by atoms with E-state index in [9.17, 15) is 45.3 Å². The fraction of sp³-hybridized carbons (Fsp3) is 0.880. The lowest BCUT2D eigenvalue weighted by Gasteiger charge is -2.42. The molecule has 15 nitrogen and oxygen atoms in total. The molecule has 4 unspecified atom stereocenters. The lowest BCUT2D eigenvalue weighted by atomic mass is 9.98. The fourth-order valence-electron chi connectivity index (χ4n) is 7.95. The molecule has 2 fully saturated rings. The molecule has 65 heavy (non-hydrogen) atoms. The number of carbonyl (C=O) groups excluding carboxylic acids is 2. The molecule has 0 aromatic heterocycles. The van der Waals surface area contributed by atoms with Crippen LogP contribution < -0.4 is 0 Å². The summed E-state index contributed by atoms with van der Waals surface area (Å²) in [6.45, 7) is 2.55. The second kappa shape index (κ2) is 37.9. The summed E-state index contributed by atoms with van der Waals surface area (Å²) in [4.78, 5) is 25.7. The van der Waals surface area contributed by atoms with Crippen molar-refractivity contribution < 1.29 is 73.8 Å². The average molecular weight is 931 g/mol. The van der Waals surface area contributed by atoms with Crippen LogP contribution in [0, 0.1) is 0 Å². The van der Waals surface area contributed by atoms with Gasteiger partial charge in [0.2, 0.25) is 0 Å². The summed E-state index contributed by atoms with van der Waals surface area (Å²) in [6, 6.07) is 0. The van der Waals surface area contributed by atoms with Gasteiger partial charge in [0.1, 0.15) is 55.4 Å². The van der Waals surface area contributed by atoms with Crippen molar-refractivity contribution in [2.45, 2.75) is 255 Å². The van der Waals surface area contributed by atoms with Crippen LogP contribution in [-0.4, -0.2) is 142 Å². The molecule has 7 N–H and O–H groups in total. The first kappa shape index (κ1) is 59.1. The molecule has 0 radical (unpaired) electrons. The van der Waals surface area contributed by atoms with Crippen molar-refractivity contribution in [3.05, 3.63) is 24.3 Å². The van der Waals surface area contributed by atoms with Gasteiger partial charge in [0.05, 0.1) is 19.8 Å². The molecule has 0 bridgehead atoms. The molecule has 11 atom stereocenters. The zero-order valence-electron chi connectivity index (χ0n) is 40.0. The van der Waals surface area contributed by atoms with E-state index in [4.69, 9.17) is 28.4 Å². The Hall–Kier alpha value is -2.02. The van der Waals surface area contributed by atoms with Crippen LogP contribution in [0.3, 0.4) is 0 Å². The zero-order chi connectivity index (χ0) is 47.5. The van der Waals surface area contributed by atoms with Crippen molar-refractivity contribution >= 4 is 11.9 Å². The lowest BCUT2D eigenvalue weighted by Crippen LogP contribution is -2.61. The Balaban J connectivity index is 1.83. The maximum Gasteiger partial charge on any atom is 0.306 e. The summed E-state index contributed by atoms with van der Waals surface area (Å²) in [5.41, 5.74) is 0. The molecular weight excluding hydrogens is 841 g/mol. The summed E-state index contributed by atoms with van der Waals surface area (Å²) >= 11 is 0. The summed E-state index contributed by atoms with van der Waals surface area (Å²) in [6.07, 6.45) is 20.7. The molecule has 2 aliphatic heterocycles. The largest absolute Gasteiger partial charge is 0.462 e. The van der Waals surface area contributed by atoms with Crippen molar-refractivity contribution in [2.24, 2.45) is 0 Å². The van der Waals surface area contributed by atoms with Gasteiger partial charge in [-0.25, -0.2) is 0 Å². The predicted molar refractivity (Wildman–Crippen MR) is 247 cm³/mol. The minimum atomic E-state index is -1.77. The molecule has 2 aliphatic rings. The van der Waals surface area contributed by atoms with E-state index in [-0.39, 0.29) is 19.4 Å². The van der Waals surface area contributed by atoms with Crippen molar-refractivity contribution in [1.82, 2.24) is 0 Å². The van der Waals surface area contributed by atoms with Crippen LogP contribution in [0.4, 0.5) is 0 Å². The molecule has 2 saturated heterocycles. The van der Waals surface area contributed by atoms with Gasteiger partial charge in [0.15, 0.2) is 18.7 Å². The highest BCUT2D eigenvalue weighted by Crippen LogP contribution is 2.26. The number of carbonyl (C=O) groups is 2. The topological polar surface area (TPSA) is 231 Å². The number of aliphatic hydroxyl groups is 7. The monoisotopic (exact) mass is 931 g/mol. The highest BCUT2D eigenvalue weighted by Gasteiger charge is 2.47. The van der Waals surface area contributed by atoms with Gasteiger partial charge < -0.3 is 64.2 Å². The lowest BCUT2D eigenvalue weighted by molar-refractivity contribution is -0.332. The number of ether oxygens (including phenoxy) is 6. The maximum absolute atomic E-state index is 13.0. The highest BCUT2D eigenvalue weighted by atomic mass is 16.7. The molecule has 2 heterocycles. The number of unbranched alkanes of at least 4 members (excludes halogenated alkanes) is 21. The van der Waals surface area contributed by atoms with E-state index < -0.39 is 99.3 Å². The SMILES string of the molecule is CCCCCCCC/C=C/C/C=C/CCCCC(=O)O[C@H](COC(=O)CCCCCCCCCCCCCCCC)CO[C@@H]1O[C@H](CO[C@@H]2O[C@H](CO)[C@H](O)C(O)C2O)[C@H](O)C(O)C1O. The van der Waals surface area contributed by atoms with Crippen molar-refractivity contribution in [2.75, 3.05) is 26.4 Å².